The van der Waals surface area contributed by atoms with E-state index in [0.29, 0.717) is 0 Å². The Morgan fingerprint density at radius 3 is 2.56 bits per heavy atom. The van der Waals surface area contributed by atoms with E-state index in [1.807, 2.05) is 13.8 Å². The highest BCUT2D eigenvalue weighted by atomic mass is 16.6. The quantitative estimate of drug-likeness (QED) is 0.540. The van der Waals surface area contributed by atoms with Crippen molar-refractivity contribution in [3.63, 3.8) is 0 Å². The Kier molecular flexibility index (Phi) is 4.82. The van der Waals surface area contributed by atoms with Crippen LogP contribution in [0.3, 0.4) is 0 Å². The first kappa shape index (κ1) is 13.1. The van der Waals surface area contributed by atoms with Crippen LogP contribution in [0.1, 0.15) is 40.0 Å². The highest BCUT2D eigenvalue weighted by Crippen LogP contribution is 2.14. The van der Waals surface area contributed by atoms with Gasteiger partial charge in [-0.15, -0.1) is 0 Å². The van der Waals surface area contributed by atoms with E-state index in [-0.39, 0.29) is 5.97 Å². The Hall–Kier alpha value is -1.01. The summed E-state index contributed by atoms with van der Waals surface area (Å²) < 4.78 is 5.22. The molecule has 0 spiro atoms. The van der Waals surface area contributed by atoms with E-state index in [2.05, 4.69) is 16.7 Å². The summed E-state index contributed by atoms with van der Waals surface area (Å²) in [5, 5.41) is 0. The van der Waals surface area contributed by atoms with Gasteiger partial charge in [-0.1, -0.05) is 18.8 Å². The van der Waals surface area contributed by atoms with Crippen molar-refractivity contribution in [1.29, 1.82) is 0 Å². The molecular formula is C13H21NO2. The van der Waals surface area contributed by atoms with E-state index >= 15 is 0 Å². The molecule has 0 aromatic carbocycles. The number of ether oxygens (including phenoxy) is 1. The van der Waals surface area contributed by atoms with E-state index in [4.69, 9.17) is 4.74 Å². The van der Waals surface area contributed by atoms with Crippen molar-refractivity contribution in [2.24, 2.45) is 0 Å². The Morgan fingerprint density at radius 2 is 2.06 bits per heavy atom. The number of carbonyl (C=O) groups is 1. The molecule has 1 saturated heterocycles. The van der Waals surface area contributed by atoms with Crippen molar-refractivity contribution in [3.05, 3.63) is 0 Å². The molecule has 1 aliphatic heterocycles. The third kappa shape index (κ3) is 4.24. The molecule has 1 fully saturated rings. The van der Waals surface area contributed by atoms with Gasteiger partial charge in [-0.3, -0.25) is 9.69 Å². The van der Waals surface area contributed by atoms with Gasteiger partial charge in [0.1, 0.15) is 0 Å². The van der Waals surface area contributed by atoms with E-state index in [9.17, 15) is 4.79 Å². The van der Waals surface area contributed by atoms with Crippen LogP contribution in [0.5, 0.6) is 0 Å². The number of nitrogens with zero attached hydrogens (tertiary/aromatic N) is 1. The van der Waals surface area contributed by atoms with Crippen LogP contribution in [0.25, 0.3) is 0 Å². The molecule has 1 atom stereocenters. The van der Waals surface area contributed by atoms with Crippen LogP contribution in [0.4, 0.5) is 0 Å². The zero-order chi connectivity index (χ0) is 12.0. The first-order chi connectivity index (χ1) is 7.56. The fourth-order valence-electron chi connectivity index (χ4n) is 1.78. The lowest BCUT2D eigenvalue weighted by Gasteiger charge is -2.21. The maximum Gasteiger partial charge on any atom is 0.304 e. The minimum Gasteiger partial charge on any atom is -0.446 e. The first-order valence-electron chi connectivity index (χ1n) is 5.98. The van der Waals surface area contributed by atoms with Crippen LogP contribution < -0.4 is 0 Å². The smallest absolute Gasteiger partial charge is 0.304 e. The zero-order valence-electron chi connectivity index (χ0n) is 10.5. The lowest BCUT2D eigenvalue weighted by molar-refractivity contribution is -0.150. The summed E-state index contributed by atoms with van der Waals surface area (Å²) in [6, 6.07) is 0. The van der Waals surface area contributed by atoms with Gasteiger partial charge in [0.15, 0.2) is 5.60 Å². The summed E-state index contributed by atoms with van der Waals surface area (Å²) in [6.45, 7) is 8.35. The molecule has 90 valence electrons. The second kappa shape index (κ2) is 5.91. The van der Waals surface area contributed by atoms with Gasteiger partial charge in [0.25, 0.3) is 0 Å². The molecule has 1 rings (SSSR count). The molecule has 0 bridgehead atoms. The maximum absolute atomic E-state index is 10.9. The second-order valence-electron chi connectivity index (χ2n) is 4.46. The summed E-state index contributed by atoms with van der Waals surface area (Å²) >= 11 is 0. The lowest BCUT2D eigenvalue weighted by Crippen LogP contribution is -2.28. The Labute approximate surface area is 98.1 Å². The number of likely N-dealkylation sites (tertiary alicyclic amines) is 1. The Bertz CT molecular complexity index is 297. The summed E-state index contributed by atoms with van der Waals surface area (Å²) in [7, 11) is 0. The van der Waals surface area contributed by atoms with Gasteiger partial charge >= 0.3 is 5.97 Å². The molecule has 0 aromatic rings. The molecule has 3 heteroatoms. The normalized spacial score (nSPS) is 19.7. The number of esters is 1. The van der Waals surface area contributed by atoms with E-state index < -0.39 is 5.60 Å². The number of hydrogen-bond donors (Lipinski definition) is 0. The predicted octanol–water partition coefficient (Wildman–Crippen LogP) is 1.82. The van der Waals surface area contributed by atoms with Gasteiger partial charge in [-0.05, 0) is 39.3 Å². The monoisotopic (exact) mass is 223 g/mol. The van der Waals surface area contributed by atoms with E-state index in [0.717, 1.165) is 26.1 Å². The molecule has 0 amide bonds. The van der Waals surface area contributed by atoms with Gasteiger partial charge < -0.3 is 4.74 Å². The van der Waals surface area contributed by atoms with E-state index in [1.165, 1.54) is 19.8 Å². The molecule has 3 nitrogen and oxygen atoms in total. The Morgan fingerprint density at radius 1 is 1.44 bits per heavy atom. The average molecular weight is 223 g/mol. The molecule has 0 saturated carbocycles. The number of rotatable bonds is 3. The van der Waals surface area contributed by atoms with Crippen LogP contribution in [0.2, 0.25) is 0 Å². The number of carbonyl (C=O) groups excluding carboxylic acids is 1. The summed E-state index contributed by atoms with van der Waals surface area (Å²) in [5.74, 6) is 5.93. The van der Waals surface area contributed by atoms with Crippen LogP contribution in [0.15, 0.2) is 0 Å². The fourth-order valence-corrected chi connectivity index (χ4v) is 1.78. The molecule has 1 heterocycles. The Balaban J connectivity index is 2.47. The largest absolute Gasteiger partial charge is 0.446 e. The average Bonchev–Trinajstić information content (AvgIpc) is 2.69. The lowest BCUT2D eigenvalue weighted by atomic mass is 10.0. The third-order valence-electron chi connectivity index (χ3n) is 2.90. The molecular weight excluding hydrogens is 202 g/mol. The van der Waals surface area contributed by atoms with Gasteiger partial charge in [0, 0.05) is 6.92 Å². The van der Waals surface area contributed by atoms with Crippen molar-refractivity contribution < 1.29 is 9.53 Å². The SMILES string of the molecule is CC[C@](C)(C#CCN1CCCC1)OC(C)=O. The van der Waals surface area contributed by atoms with E-state index in [1.54, 1.807) is 0 Å². The fraction of sp³-hybridized carbons (Fsp3) is 0.769. The molecule has 0 aliphatic carbocycles. The topological polar surface area (TPSA) is 29.5 Å². The molecule has 0 unspecified atom stereocenters. The summed E-state index contributed by atoms with van der Waals surface area (Å²) in [5.41, 5.74) is -0.619. The van der Waals surface area contributed by atoms with Crippen molar-refractivity contribution in [3.8, 4) is 11.8 Å². The van der Waals surface area contributed by atoms with Crippen LogP contribution in [0, 0.1) is 11.8 Å². The number of hydrogen-bond acceptors (Lipinski definition) is 3. The second-order valence-corrected chi connectivity index (χ2v) is 4.46. The molecule has 0 aromatic heterocycles. The van der Waals surface area contributed by atoms with Crippen LogP contribution in [-0.2, 0) is 9.53 Å². The highest BCUT2D eigenvalue weighted by Gasteiger charge is 2.22. The zero-order valence-corrected chi connectivity index (χ0v) is 10.5. The minimum absolute atomic E-state index is 0.264. The van der Waals surface area contributed by atoms with Gasteiger partial charge in [-0.2, -0.15) is 0 Å². The molecule has 1 aliphatic rings. The van der Waals surface area contributed by atoms with Crippen molar-refractivity contribution >= 4 is 5.97 Å². The summed E-state index contributed by atoms with van der Waals surface area (Å²) in [6.07, 6.45) is 3.27. The molecule has 0 radical (unpaired) electrons. The molecule has 16 heavy (non-hydrogen) atoms. The minimum atomic E-state index is -0.619. The standard InChI is InChI=1S/C13H21NO2/c1-4-13(3,16-12(2)15)8-7-11-14-9-5-6-10-14/h4-6,9-11H2,1-3H3/t13-/m1/s1. The molecule has 0 N–H and O–H groups in total. The van der Waals surface area contributed by atoms with Crippen molar-refractivity contribution in [2.45, 2.75) is 45.6 Å². The van der Waals surface area contributed by atoms with Gasteiger partial charge in [0.2, 0.25) is 0 Å². The highest BCUT2D eigenvalue weighted by molar-refractivity contribution is 5.67. The van der Waals surface area contributed by atoms with Gasteiger partial charge in [-0.25, -0.2) is 0 Å². The van der Waals surface area contributed by atoms with Crippen LogP contribution >= 0.6 is 0 Å². The van der Waals surface area contributed by atoms with Crippen molar-refractivity contribution in [2.75, 3.05) is 19.6 Å². The first-order valence-corrected chi connectivity index (χ1v) is 5.98. The van der Waals surface area contributed by atoms with Gasteiger partial charge in [0.05, 0.1) is 6.54 Å². The predicted molar refractivity (Wildman–Crippen MR) is 63.9 cm³/mol. The third-order valence-corrected chi connectivity index (χ3v) is 2.90. The van der Waals surface area contributed by atoms with Crippen LogP contribution in [-0.4, -0.2) is 36.1 Å². The maximum atomic E-state index is 10.9. The van der Waals surface area contributed by atoms with Crippen molar-refractivity contribution in [1.82, 2.24) is 4.90 Å². The summed E-state index contributed by atoms with van der Waals surface area (Å²) in [4.78, 5) is 13.3.